The zero-order chi connectivity index (χ0) is 18.6. The summed E-state index contributed by atoms with van der Waals surface area (Å²) in [5, 5.41) is 13.8. The maximum atomic E-state index is 12.4. The van der Waals surface area contributed by atoms with Crippen molar-refractivity contribution in [3.63, 3.8) is 0 Å². The Morgan fingerprint density at radius 1 is 1.44 bits per heavy atom. The summed E-state index contributed by atoms with van der Waals surface area (Å²) in [4.78, 5) is 26.0. The second-order valence-corrected chi connectivity index (χ2v) is 7.23. The Morgan fingerprint density at radius 3 is 2.72 bits per heavy atom. The molecule has 1 aromatic carbocycles. The number of nitrogens with one attached hydrogen (secondary N) is 1. The van der Waals surface area contributed by atoms with Gasteiger partial charge >= 0.3 is 0 Å². The lowest BCUT2D eigenvalue weighted by atomic mass is 10.2. The largest absolute Gasteiger partial charge is 0.496 e. The number of anilines is 1. The molecule has 0 saturated carbocycles. The number of likely N-dealkylation sites (N-methyl/N-ethyl adjacent to an activating group) is 1. The molecule has 0 unspecified atom stereocenters. The summed E-state index contributed by atoms with van der Waals surface area (Å²) < 4.78 is 5.67. The van der Waals surface area contributed by atoms with E-state index in [1.807, 2.05) is 11.0 Å². The van der Waals surface area contributed by atoms with E-state index in [2.05, 4.69) is 5.32 Å². The number of amides is 1. The maximum absolute atomic E-state index is 12.4. The van der Waals surface area contributed by atoms with Crippen LogP contribution in [-0.4, -0.2) is 35.9 Å². The molecule has 0 radical (unpaired) electrons. The number of ether oxygens (including phenoxy) is 1. The molecular weight excluding hydrogens is 366 g/mol. The van der Waals surface area contributed by atoms with Crippen LogP contribution in [0.4, 0.5) is 11.4 Å². The van der Waals surface area contributed by atoms with Crippen molar-refractivity contribution >= 4 is 40.2 Å². The van der Waals surface area contributed by atoms with Crippen LogP contribution in [0.3, 0.4) is 0 Å². The molecule has 2 aromatic rings. The van der Waals surface area contributed by atoms with Crippen molar-refractivity contribution in [2.24, 2.45) is 0 Å². The molecule has 1 aromatic heterocycles. The Balaban J connectivity index is 2.09. The van der Waals surface area contributed by atoms with Gasteiger partial charge in [-0.05, 0) is 38.2 Å². The fourth-order valence-electron chi connectivity index (χ4n) is 2.15. The molecule has 25 heavy (non-hydrogen) atoms. The highest BCUT2D eigenvalue weighted by molar-refractivity contribution is 7.16. The van der Waals surface area contributed by atoms with Gasteiger partial charge in [0, 0.05) is 11.4 Å². The van der Waals surface area contributed by atoms with E-state index in [-0.39, 0.29) is 17.3 Å². The lowest BCUT2D eigenvalue weighted by molar-refractivity contribution is -0.384. The van der Waals surface area contributed by atoms with Gasteiger partial charge in [-0.2, -0.15) is 0 Å². The number of benzene rings is 1. The van der Waals surface area contributed by atoms with Gasteiger partial charge < -0.3 is 10.1 Å². The Morgan fingerprint density at radius 2 is 2.16 bits per heavy atom. The average Bonchev–Trinajstić information content (AvgIpc) is 2.98. The minimum absolute atomic E-state index is 0.134. The van der Waals surface area contributed by atoms with Crippen LogP contribution in [0.15, 0.2) is 30.3 Å². The highest BCUT2D eigenvalue weighted by atomic mass is 35.5. The second-order valence-electron chi connectivity index (χ2n) is 5.43. The number of rotatable bonds is 7. The van der Waals surface area contributed by atoms with Crippen molar-refractivity contribution in [2.45, 2.75) is 19.5 Å². The van der Waals surface area contributed by atoms with Crippen LogP contribution in [-0.2, 0) is 11.3 Å². The number of nitro benzene ring substituents is 1. The molecule has 0 bridgehead atoms. The monoisotopic (exact) mass is 383 g/mol. The number of carbonyl (C=O) groups excluding carboxylic acids is 1. The Hall–Kier alpha value is -2.16. The standard InChI is InChI=1S/C16H18ClN3O4S/c1-10(19(2)9-12-5-7-15(17)25-12)16(21)18-13-6-4-11(24-3)8-14(13)20(22)23/h4-8,10H,9H2,1-3H3,(H,18,21)/t10-/m0/s1. The molecule has 0 fully saturated rings. The summed E-state index contributed by atoms with van der Waals surface area (Å²) in [6, 6.07) is 7.52. The van der Waals surface area contributed by atoms with Gasteiger partial charge in [-0.15, -0.1) is 11.3 Å². The van der Waals surface area contributed by atoms with E-state index < -0.39 is 11.0 Å². The highest BCUT2D eigenvalue weighted by Gasteiger charge is 2.23. The number of nitrogens with zero attached hydrogens (tertiary/aromatic N) is 2. The van der Waals surface area contributed by atoms with Crippen LogP contribution >= 0.6 is 22.9 Å². The number of hydrogen-bond acceptors (Lipinski definition) is 6. The fourth-order valence-corrected chi connectivity index (χ4v) is 3.30. The van der Waals surface area contributed by atoms with Crippen LogP contribution in [0.25, 0.3) is 0 Å². The van der Waals surface area contributed by atoms with Gasteiger partial charge in [-0.1, -0.05) is 11.6 Å². The lowest BCUT2D eigenvalue weighted by Crippen LogP contribution is -2.39. The van der Waals surface area contributed by atoms with E-state index in [0.717, 1.165) is 4.88 Å². The number of nitro groups is 1. The molecule has 9 heteroatoms. The average molecular weight is 384 g/mol. The van der Waals surface area contributed by atoms with E-state index >= 15 is 0 Å². The highest BCUT2D eigenvalue weighted by Crippen LogP contribution is 2.29. The Kier molecular flexibility index (Phi) is 6.35. The van der Waals surface area contributed by atoms with E-state index in [0.29, 0.717) is 16.6 Å². The first-order valence-corrected chi connectivity index (χ1v) is 8.59. The van der Waals surface area contributed by atoms with Crippen molar-refractivity contribution in [1.29, 1.82) is 0 Å². The second kappa shape index (κ2) is 8.28. The molecule has 1 N–H and O–H groups in total. The molecule has 0 spiro atoms. The van der Waals surface area contributed by atoms with Crippen LogP contribution in [0.1, 0.15) is 11.8 Å². The molecule has 1 heterocycles. The third kappa shape index (κ3) is 4.91. The van der Waals surface area contributed by atoms with Gasteiger partial charge in [-0.25, -0.2) is 0 Å². The topological polar surface area (TPSA) is 84.7 Å². The minimum Gasteiger partial charge on any atom is -0.496 e. The summed E-state index contributed by atoms with van der Waals surface area (Å²) >= 11 is 7.36. The van der Waals surface area contributed by atoms with Gasteiger partial charge in [-0.3, -0.25) is 19.8 Å². The van der Waals surface area contributed by atoms with Crippen molar-refractivity contribution < 1.29 is 14.5 Å². The molecule has 2 rings (SSSR count). The molecule has 1 amide bonds. The molecule has 0 aliphatic carbocycles. The number of methoxy groups -OCH3 is 1. The summed E-state index contributed by atoms with van der Waals surface area (Å²) in [5.74, 6) is 0.0165. The van der Waals surface area contributed by atoms with Crippen LogP contribution in [0.2, 0.25) is 4.34 Å². The number of hydrogen-bond donors (Lipinski definition) is 1. The van der Waals surface area contributed by atoms with Gasteiger partial charge in [0.25, 0.3) is 5.69 Å². The van der Waals surface area contributed by atoms with Gasteiger partial charge in [0.1, 0.15) is 11.4 Å². The summed E-state index contributed by atoms with van der Waals surface area (Å²) in [5.41, 5.74) is -0.0807. The van der Waals surface area contributed by atoms with Crippen LogP contribution < -0.4 is 10.1 Å². The first-order chi connectivity index (χ1) is 11.8. The zero-order valence-corrected chi connectivity index (χ0v) is 15.6. The predicted octanol–water partition coefficient (Wildman–Crippen LogP) is 3.78. The van der Waals surface area contributed by atoms with E-state index in [1.165, 1.54) is 30.6 Å². The SMILES string of the molecule is COc1ccc(NC(=O)[C@H](C)N(C)Cc2ccc(Cl)s2)c([N+](=O)[O-])c1. The van der Waals surface area contributed by atoms with Gasteiger partial charge in [0.2, 0.25) is 5.91 Å². The van der Waals surface area contributed by atoms with Crippen molar-refractivity contribution in [3.8, 4) is 5.75 Å². The molecule has 7 nitrogen and oxygen atoms in total. The first-order valence-electron chi connectivity index (χ1n) is 7.39. The fraction of sp³-hybridized carbons (Fsp3) is 0.312. The molecule has 0 saturated heterocycles. The normalized spacial score (nSPS) is 12.0. The lowest BCUT2D eigenvalue weighted by Gasteiger charge is -2.23. The first kappa shape index (κ1) is 19.2. The summed E-state index contributed by atoms with van der Waals surface area (Å²) in [6.07, 6.45) is 0. The van der Waals surface area contributed by atoms with E-state index in [4.69, 9.17) is 16.3 Å². The molecular formula is C16H18ClN3O4S. The van der Waals surface area contributed by atoms with Crippen LogP contribution in [0.5, 0.6) is 5.75 Å². The van der Waals surface area contributed by atoms with Crippen molar-refractivity contribution in [3.05, 3.63) is 49.7 Å². The summed E-state index contributed by atoms with van der Waals surface area (Å²) in [7, 11) is 3.23. The molecule has 1 atom stereocenters. The van der Waals surface area contributed by atoms with Crippen molar-refractivity contribution in [1.82, 2.24) is 4.90 Å². The molecule has 134 valence electrons. The smallest absolute Gasteiger partial charge is 0.296 e. The molecule has 0 aliphatic rings. The number of thiophene rings is 1. The minimum atomic E-state index is -0.555. The zero-order valence-electron chi connectivity index (χ0n) is 14.0. The number of carbonyl (C=O) groups is 1. The Bertz CT molecular complexity index is 780. The van der Waals surface area contributed by atoms with Gasteiger partial charge in [0.05, 0.1) is 28.5 Å². The third-order valence-electron chi connectivity index (χ3n) is 3.73. The maximum Gasteiger partial charge on any atom is 0.296 e. The third-order valence-corrected chi connectivity index (χ3v) is 4.95. The van der Waals surface area contributed by atoms with Gasteiger partial charge in [0.15, 0.2) is 0 Å². The molecule has 0 aliphatic heterocycles. The number of halogens is 1. The van der Waals surface area contributed by atoms with E-state index in [9.17, 15) is 14.9 Å². The van der Waals surface area contributed by atoms with E-state index in [1.54, 1.807) is 26.1 Å². The van der Waals surface area contributed by atoms with Crippen molar-refractivity contribution in [2.75, 3.05) is 19.5 Å². The quantitative estimate of drug-likeness (QED) is 0.581. The summed E-state index contributed by atoms with van der Waals surface area (Å²) in [6.45, 7) is 2.29. The predicted molar refractivity (Wildman–Crippen MR) is 98.5 cm³/mol. The Labute approximate surface area is 154 Å². The van der Waals surface area contributed by atoms with Crippen LogP contribution in [0, 0.1) is 10.1 Å².